The molecule has 0 unspecified atom stereocenters. The highest BCUT2D eigenvalue weighted by Crippen LogP contribution is 2.39. The average Bonchev–Trinajstić information content (AvgIpc) is 3.25. The summed E-state index contributed by atoms with van der Waals surface area (Å²) in [6.45, 7) is 6.96. The van der Waals surface area contributed by atoms with Crippen molar-refractivity contribution in [2.75, 3.05) is 25.1 Å². The minimum atomic E-state index is -0.427. The summed E-state index contributed by atoms with van der Waals surface area (Å²) in [6.07, 6.45) is 3.72. The van der Waals surface area contributed by atoms with Crippen LogP contribution in [0.3, 0.4) is 0 Å². The highest BCUT2D eigenvalue weighted by Gasteiger charge is 2.30. The fourth-order valence-corrected chi connectivity index (χ4v) is 6.34. The number of amides is 1. The van der Waals surface area contributed by atoms with E-state index in [9.17, 15) is 9.59 Å². The largest absolute Gasteiger partial charge is 0.490 e. The maximum absolute atomic E-state index is 13.3. The van der Waals surface area contributed by atoms with E-state index in [2.05, 4.69) is 29.3 Å². The molecule has 6 nitrogen and oxygen atoms in total. The Kier molecular flexibility index (Phi) is 10.1. The second-order valence-electron chi connectivity index (χ2n) is 9.15. The second-order valence-corrected chi connectivity index (χ2v) is 11.1. The molecular formula is C29H32Cl2N2O4S. The van der Waals surface area contributed by atoms with Gasteiger partial charge in [-0.1, -0.05) is 73.3 Å². The molecule has 0 aliphatic carbocycles. The third kappa shape index (κ3) is 6.89. The van der Waals surface area contributed by atoms with Crippen molar-refractivity contribution in [2.45, 2.75) is 52.6 Å². The van der Waals surface area contributed by atoms with Crippen LogP contribution in [-0.4, -0.2) is 36.5 Å². The van der Waals surface area contributed by atoms with E-state index in [0.29, 0.717) is 35.9 Å². The molecule has 1 aliphatic rings. The number of carbonyl (C=O) groups is 2. The first-order valence-electron chi connectivity index (χ1n) is 12.9. The Morgan fingerprint density at radius 2 is 1.82 bits per heavy atom. The molecule has 1 aliphatic heterocycles. The first-order valence-corrected chi connectivity index (χ1v) is 14.5. The molecule has 2 heterocycles. The van der Waals surface area contributed by atoms with Gasteiger partial charge in [-0.3, -0.25) is 9.69 Å². The number of hydrogen-bond acceptors (Lipinski definition) is 6. The summed E-state index contributed by atoms with van der Waals surface area (Å²) < 4.78 is 11.1. The Hall–Kier alpha value is -2.58. The Balaban J connectivity index is 1.54. The number of unbranched alkanes of at least 4 members (excludes halogenated alkanes) is 2. The van der Waals surface area contributed by atoms with Crippen molar-refractivity contribution < 1.29 is 19.1 Å². The molecule has 9 heteroatoms. The van der Waals surface area contributed by atoms with Crippen molar-refractivity contribution in [3.05, 3.63) is 79.6 Å². The summed E-state index contributed by atoms with van der Waals surface area (Å²) in [5.41, 5.74) is 2.90. The monoisotopic (exact) mass is 574 g/mol. The Bertz CT molecular complexity index is 1260. The molecule has 4 rings (SSSR count). The molecule has 0 radical (unpaired) electrons. The molecular weight excluding hydrogens is 543 g/mol. The summed E-state index contributed by atoms with van der Waals surface area (Å²) >= 11 is 14.2. The maximum Gasteiger partial charge on any atom is 0.341 e. The van der Waals surface area contributed by atoms with Gasteiger partial charge in [0.15, 0.2) is 5.75 Å². The Labute approximate surface area is 237 Å². The topological polar surface area (TPSA) is 67.9 Å². The van der Waals surface area contributed by atoms with E-state index in [0.717, 1.165) is 42.8 Å². The molecule has 0 fully saturated rings. The number of thiophene rings is 1. The summed E-state index contributed by atoms with van der Waals surface area (Å²) in [7, 11) is 0. The smallest absolute Gasteiger partial charge is 0.341 e. The number of halogens is 2. The van der Waals surface area contributed by atoms with E-state index in [-0.39, 0.29) is 22.2 Å². The summed E-state index contributed by atoms with van der Waals surface area (Å²) in [5.74, 6) is -0.460. The van der Waals surface area contributed by atoms with Crippen LogP contribution in [0.5, 0.6) is 5.75 Å². The van der Waals surface area contributed by atoms with Gasteiger partial charge in [-0.2, -0.15) is 0 Å². The summed E-state index contributed by atoms with van der Waals surface area (Å²) in [4.78, 5) is 29.6. The number of rotatable bonds is 11. The van der Waals surface area contributed by atoms with Gasteiger partial charge in [0.1, 0.15) is 5.00 Å². The molecule has 0 saturated heterocycles. The number of ether oxygens (including phenoxy) is 2. The molecule has 0 bridgehead atoms. The standard InChI is InChI=1S/C29H32Cl2N2O4S/c1-3-5-9-14-37-26-22(30)15-20(16-23(26)31)27(34)32-28-25(29(35)36-4-2)21-12-13-33(18-24(21)38-28)17-19-10-7-6-8-11-19/h6-8,10-11,15-16H,3-5,9,12-14,17-18H2,1-2H3,(H,32,34). The van der Waals surface area contributed by atoms with Crippen LogP contribution in [0.4, 0.5) is 5.00 Å². The first kappa shape index (κ1) is 28.4. The number of fused-ring (bicyclic) bond motifs is 1. The zero-order valence-electron chi connectivity index (χ0n) is 21.6. The molecule has 1 N–H and O–H groups in total. The molecule has 1 amide bonds. The van der Waals surface area contributed by atoms with Gasteiger partial charge in [-0.05, 0) is 43.0 Å². The lowest BCUT2D eigenvalue weighted by Gasteiger charge is -2.27. The van der Waals surface area contributed by atoms with Crippen molar-refractivity contribution in [3.63, 3.8) is 0 Å². The van der Waals surface area contributed by atoms with Crippen molar-refractivity contribution in [3.8, 4) is 5.75 Å². The van der Waals surface area contributed by atoms with Crippen LogP contribution >= 0.6 is 34.5 Å². The van der Waals surface area contributed by atoms with E-state index < -0.39 is 11.9 Å². The third-order valence-electron chi connectivity index (χ3n) is 6.35. The van der Waals surface area contributed by atoms with Gasteiger partial charge in [-0.25, -0.2) is 4.79 Å². The SMILES string of the molecule is CCCCCOc1c(Cl)cc(C(=O)Nc2sc3c(c2C(=O)OCC)CCN(Cc2ccccc2)C3)cc1Cl. The summed E-state index contributed by atoms with van der Waals surface area (Å²) in [6, 6.07) is 13.4. The highest BCUT2D eigenvalue weighted by molar-refractivity contribution is 7.17. The number of hydrogen-bond donors (Lipinski definition) is 1. The first-order chi connectivity index (χ1) is 18.4. The van der Waals surface area contributed by atoms with Crippen molar-refractivity contribution in [1.82, 2.24) is 4.90 Å². The number of benzene rings is 2. The Morgan fingerprint density at radius 3 is 2.50 bits per heavy atom. The zero-order chi connectivity index (χ0) is 27.1. The number of nitrogens with zero attached hydrogens (tertiary/aromatic N) is 1. The fourth-order valence-electron chi connectivity index (χ4n) is 4.47. The normalized spacial score (nSPS) is 13.2. The molecule has 0 spiro atoms. The number of anilines is 1. The van der Waals surface area contributed by atoms with Crippen LogP contribution in [-0.2, 0) is 24.2 Å². The van der Waals surface area contributed by atoms with Crippen LogP contribution in [0.1, 0.15) is 69.8 Å². The van der Waals surface area contributed by atoms with Gasteiger partial charge in [-0.15, -0.1) is 11.3 Å². The predicted octanol–water partition coefficient (Wildman–Crippen LogP) is 7.61. The molecule has 3 aromatic rings. The van der Waals surface area contributed by atoms with E-state index in [1.54, 1.807) is 6.92 Å². The molecule has 38 heavy (non-hydrogen) atoms. The predicted molar refractivity (Wildman–Crippen MR) is 154 cm³/mol. The Morgan fingerprint density at radius 1 is 1.08 bits per heavy atom. The van der Waals surface area contributed by atoms with E-state index in [1.807, 2.05) is 18.2 Å². The van der Waals surface area contributed by atoms with Gasteiger partial charge in [0.25, 0.3) is 5.91 Å². The van der Waals surface area contributed by atoms with Crippen LogP contribution in [0.15, 0.2) is 42.5 Å². The van der Waals surface area contributed by atoms with Gasteiger partial charge in [0.2, 0.25) is 0 Å². The zero-order valence-corrected chi connectivity index (χ0v) is 24.0. The lowest BCUT2D eigenvalue weighted by molar-refractivity contribution is 0.0526. The minimum Gasteiger partial charge on any atom is -0.490 e. The highest BCUT2D eigenvalue weighted by atomic mass is 35.5. The van der Waals surface area contributed by atoms with E-state index >= 15 is 0 Å². The lowest BCUT2D eigenvalue weighted by Crippen LogP contribution is -2.29. The average molecular weight is 576 g/mol. The van der Waals surface area contributed by atoms with E-state index in [1.165, 1.54) is 29.0 Å². The molecule has 202 valence electrons. The van der Waals surface area contributed by atoms with Crippen LogP contribution in [0, 0.1) is 0 Å². The van der Waals surface area contributed by atoms with Crippen LogP contribution < -0.4 is 10.1 Å². The molecule has 0 saturated carbocycles. The van der Waals surface area contributed by atoms with Crippen LogP contribution in [0.2, 0.25) is 10.0 Å². The minimum absolute atomic E-state index is 0.252. The number of nitrogens with one attached hydrogen (secondary N) is 1. The number of esters is 1. The summed E-state index contributed by atoms with van der Waals surface area (Å²) in [5, 5.41) is 3.94. The molecule has 0 atom stereocenters. The quantitative estimate of drug-likeness (QED) is 0.188. The van der Waals surface area contributed by atoms with Gasteiger partial charge >= 0.3 is 5.97 Å². The fraction of sp³-hybridized carbons (Fsp3) is 0.379. The van der Waals surface area contributed by atoms with Gasteiger partial charge in [0, 0.05) is 30.1 Å². The van der Waals surface area contributed by atoms with E-state index in [4.69, 9.17) is 32.7 Å². The lowest BCUT2D eigenvalue weighted by atomic mass is 10.0. The molecule has 1 aromatic heterocycles. The maximum atomic E-state index is 13.3. The van der Waals surface area contributed by atoms with Gasteiger partial charge < -0.3 is 14.8 Å². The van der Waals surface area contributed by atoms with Crippen molar-refractivity contribution in [1.29, 1.82) is 0 Å². The number of carbonyl (C=O) groups excluding carboxylic acids is 2. The van der Waals surface area contributed by atoms with Crippen molar-refractivity contribution in [2.24, 2.45) is 0 Å². The van der Waals surface area contributed by atoms with Crippen LogP contribution in [0.25, 0.3) is 0 Å². The molecule has 2 aromatic carbocycles. The second kappa shape index (κ2) is 13.5. The third-order valence-corrected chi connectivity index (χ3v) is 8.04. The van der Waals surface area contributed by atoms with Crippen molar-refractivity contribution >= 4 is 51.4 Å². The van der Waals surface area contributed by atoms with Gasteiger partial charge in [0.05, 0.1) is 28.8 Å².